The minimum Gasteiger partial charge on any atom is -0.481 e. The molecule has 0 saturated carbocycles. The van der Waals surface area contributed by atoms with Crippen molar-refractivity contribution in [3.05, 3.63) is 60.2 Å². The van der Waals surface area contributed by atoms with E-state index in [2.05, 4.69) is 22.3 Å². The van der Waals surface area contributed by atoms with Crippen LogP contribution >= 0.6 is 0 Å². The number of carbonyl (C=O) groups is 1. The predicted molar refractivity (Wildman–Crippen MR) is 125 cm³/mol. The first-order valence-corrected chi connectivity index (χ1v) is 12.5. The molecule has 1 fully saturated rings. The number of amides is 1. The third kappa shape index (κ3) is 6.54. The van der Waals surface area contributed by atoms with Gasteiger partial charge in [0.25, 0.3) is 5.91 Å². The quantitative estimate of drug-likeness (QED) is 0.624. The summed E-state index contributed by atoms with van der Waals surface area (Å²) in [6, 6.07) is 16.5. The molecule has 2 aromatic carbocycles. The van der Waals surface area contributed by atoms with Crippen molar-refractivity contribution < 1.29 is 17.9 Å². The van der Waals surface area contributed by atoms with Crippen molar-refractivity contribution in [3.8, 4) is 5.75 Å². The smallest absolute Gasteiger partial charge is 0.260 e. The van der Waals surface area contributed by atoms with Crippen LogP contribution in [0.4, 0.5) is 0 Å². The molecule has 0 aromatic heterocycles. The second kappa shape index (κ2) is 10.9. The van der Waals surface area contributed by atoms with Gasteiger partial charge >= 0.3 is 0 Å². The third-order valence-electron chi connectivity index (χ3n) is 5.41. The maximum absolute atomic E-state index is 13.0. The third-order valence-corrected chi connectivity index (χ3v) is 7.32. The molecule has 1 atom stereocenters. The largest absolute Gasteiger partial charge is 0.481 e. The Morgan fingerprint density at radius 3 is 2.19 bits per heavy atom. The van der Waals surface area contributed by atoms with Crippen LogP contribution in [0, 0.1) is 5.92 Å². The minimum absolute atomic E-state index is 0.191. The van der Waals surface area contributed by atoms with E-state index >= 15 is 0 Å². The summed E-state index contributed by atoms with van der Waals surface area (Å²) in [5.74, 6) is 0.628. The van der Waals surface area contributed by atoms with Gasteiger partial charge in [-0.3, -0.25) is 9.69 Å². The van der Waals surface area contributed by atoms with Crippen molar-refractivity contribution in [1.29, 1.82) is 0 Å². The molecule has 1 aliphatic heterocycles. The van der Waals surface area contributed by atoms with Crippen molar-refractivity contribution in [2.45, 2.75) is 38.3 Å². The van der Waals surface area contributed by atoms with Crippen molar-refractivity contribution in [2.24, 2.45) is 5.92 Å². The van der Waals surface area contributed by atoms with Crippen LogP contribution in [0.5, 0.6) is 5.75 Å². The molecular formula is C24H33N3O4S. The van der Waals surface area contributed by atoms with Gasteiger partial charge in [0, 0.05) is 39.3 Å². The summed E-state index contributed by atoms with van der Waals surface area (Å²) in [4.78, 5) is 14.6. The lowest BCUT2D eigenvalue weighted by molar-refractivity contribution is -0.127. The Bertz CT molecular complexity index is 970. The standard InChI is InChI=1S/C24H33N3O4S/c1-19(2)17-25-24(28)20(3)31-22-9-11-23(12-10-22)32(29,30)27-15-13-26(14-16-27)18-21-7-5-4-6-8-21/h4-12,19-20H,13-18H2,1-3H3,(H,25,28)/t20-/m0/s1. The molecule has 1 N–H and O–H groups in total. The first-order valence-electron chi connectivity index (χ1n) is 11.1. The van der Waals surface area contributed by atoms with Gasteiger partial charge in [-0.1, -0.05) is 44.2 Å². The van der Waals surface area contributed by atoms with E-state index in [-0.39, 0.29) is 10.8 Å². The molecule has 0 bridgehead atoms. The summed E-state index contributed by atoms with van der Waals surface area (Å²) in [6.45, 7) is 9.43. The zero-order valence-corrected chi connectivity index (χ0v) is 19.8. The molecule has 174 valence electrons. The molecule has 1 aliphatic rings. The van der Waals surface area contributed by atoms with Gasteiger partial charge in [-0.05, 0) is 42.7 Å². The van der Waals surface area contributed by atoms with Gasteiger partial charge in [-0.2, -0.15) is 4.31 Å². The number of piperazine rings is 1. The molecule has 1 heterocycles. The first kappa shape index (κ1) is 24.2. The van der Waals surface area contributed by atoms with Crippen LogP contribution in [0.15, 0.2) is 59.5 Å². The number of benzene rings is 2. The molecule has 1 amide bonds. The highest BCUT2D eigenvalue weighted by Gasteiger charge is 2.28. The Morgan fingerprint density at radius 1 is 0.969 bits per heavy atom. The molecule has 8 heteroatoms. The monoisotopic (exact) mass is 459 g/mol. The van der Waals surface area contributed by atoms with Gasteiger partial charge in [0.05, 0.1) is 4.90 Å². The van der Waals surface area contributed by atoms with Gasteiger partial charge in [-0.15, -0.1) is 0 Å². The molecule has 7 nitrogen and oxygen atoms in total. The Morgan fingerprint density at radius 2 is 1.59 bits per heavy atom. The molecule has 2 aromatic rings. The summed E-state index contributed by atoms with van der Waals surface area (Å²) in [5.41, 5.74) is 1.23. The zero-order chi connectivity index (χ0) is 23.1. The van der Waals surface area contributed by atoms with E-state index in [1.807, 2.05) is 32.0 Å². The fraction of sp³-hybridized carbons (Fsp3) is 0.458. The molecule has 0 aliphatic carbocycles. The average Bonchev–Trinajstić information content (AvgIpc) is 2.79. The summed E-state index contributed by atoms with van der Waals surface area (Å²) < 4.78 is 33.3. The highest BCUT2D eigenvalue weighted by molar-refractivity contribution is 7.89. The van der Waals surface area contributed by atoms with Gasteiger partial charge in [0.1, 0.15) is 5.75 Å². The van der Waals surface area contributed by atoms with E-state index in [0.29, 0.717) is 44.4 Å². The lowest BCUT2D eigenvalue weighted by Crippen LogP contribution is -2.48. The Hall–Kier alpha value is -2.42. The Kier molecular flexibility index (Phi) is 8.28. The lowest BCUT2D eigenvalue weighted by atomic mass is 10.2. The normalized spacial score (nSPS) is 16.6. The van der Waals surface area contributed by atoms with Crippen molar-refractivity contribution in [3.63, 3.8) is 0 Å². The first-order chi connectivity index (χ1) is 15.3. The number of hydrogen-bond acceptors (Lipinski definition) is 5. The van der Waals surface area contributed by atoms with Gasteiger partial charge in [-0.25, -0.2) is 8.42 Å². The second-order valence-electron chi connectivity index (χ2n) is 8.54. The average molecular weight is 460 g/mol. The van der Waals surface area contributed by atoms with E-state index in [1.54, 1.807) is 31.2 Å². The van der Waals surface area contributed by atoms with Crippen LogP contribution in [0.1, 0.15) is 26.3 Å². The number of nitrogens with zero attached hydrogens (tertiary/aromatic N) is 2. The fourth-order valence-electron chi connectivity index (χ4n) is 3.51. The van der Waals surface area contributed by atoms with Gasteiger partial charge in [0.2, 0.25) is 10.0 Å². The maximum atomic E-state index is 13.0. The number of sulfonamides is 1. The topological polar surface area (TPSA) is 78.9 Å². The SMILES string of the molecule is CC(C)CNC(=O)[C@H](C)Oc1ccc(S(=O)(=O)N2CCN(Cc3ccccc3)CC2)cc1. The number of carbonyl (C=O) groups excluding carboxylic acids is 1. The second-order valence-corrected chi connectivity index (χ2v) is 10.5. The highest BCUT2D eigenvalue weighted by Crippen LogP contribution is 2.22. The number of rotatable bonds is 9. The molecule has 1 saturated heterocycles. The summed E-state index contributed by atoms with van der Waals surface area (Å²) in [5, 5.41) is 2.83. The highest BCUT2D eigenvalue weighted by atomic mass is 32.2. The molecule has 3 rings (SSSR count). The van der Waals surface area contributed by atoms with E-state index < -0.39 is 16.1 Å². The maximum Gasteiger partial charge on any atom is 0.260 e. The molecule has 0 spiro atoms. The fourth-order valence-corrected chi connectivity index (χ4v) is 4.94. The minimum atomic E-state index is -3.57. The summed E-state index contributed by atoms with van der Waals surface area (Å²) in [7, 11) is -3.57. The number of hydrogen-bond donors (Lipinski definition) is 1. The Labute approximate surface area is 191 Å². The molecular weight excluding hydrogens is 426 g/mol. The van der Waals surface area contributed by atoms with Crippen LogP contribution in [0.3, 0.4) is 0 Å². The zero-order valence-electron chi connectivity index (χ0n) is 19.0. The van der Waals surface area contributed by atoms with Crippen molar-refractivity contribution in [2.75, 3.05) is 32.7 Å². The molecule has 32 heavy (non-hydrogen) atoms. The molecule has 0 unspecified atom stereocenters. The number of nitrogens with one attached hydrogen (secondary N) is 1. The summed E-state index contributed by atoms with van der Waals surface area (Å²) in [6.07, 6.45) is -0.658. The Balaban J connectivity index is 1.54. The van der Waals surface area contributed by atoms with E-state index in [9.17, 15) is 13.2 Å². The van der Waals surface area contributed by atoms with Gasteiger partial charge in [0.15, 0.2) is 6.10 Å². The van der Waals surface area contributed by atoms with Crippen molar-refractivity contribution in [1.82, 2.24) is 14.5 Å². The van der Waals surface area contributed by atoms with Gasteiger partial charge < -0.3 is 10.1 Å². The predicted octanol–water partition coefficient (Wildman–Crippen LogP) is 2.73. The van der Waals surface area contributed by atoms with Crippen LogP contribution < -0.4 is 10.1 Å². The van der Waals surface area contributed by atoms with E-state index in [0.717, 1.165) is 6.54 Å². The van der Waals surface area contributed by atoms with E-state index in [4.69, 9.17) is 4.74 Å². The number of ether oxygens (including phenoxy) is 1. The van der Waals surface area contributed by atoms with E-state index in [1.165, 1.54) is 9.87 Å². The van der Waals surface area contributed by atoms with Crippen molar-refractivity contribution >= 4 is 15.9 Å². The molecule has 0 radical (unpaired) electrons. The lowest BCUT2D eigenvalue weighted by Gasteiger charge is -2.34. The van der Waals surface area contributed by atoms with Crippen LogP contribution in [-0.2, 0) is 21.4 Å². The van der Waals surface area contributed by atoms with Crippen LogP contribution in [0.2, 0.25) is 0 Å². The summed E-state index contributed by atoms with van der Waals surface area (Å²) >= 11 is 0. The van der Waals surface area contributed by atoms with Crippen LogP contribution in [-0.4, -0.2) is 62.4 Å². The van der Waals surface area contributed by atoms with Crippen LogP contribution in [0.25, 0.3) is 0 Å².